The Kier molecular flexibility index (Phi) is 8.08. The SMILES string of the molecule is Cc1ccc(N(c2ccccc2)c2ccc(-c3cccc4cccc(-c5ccc6c(c5)c5ccccc5n6-c5ccc(-c6ccccc6)cc5)c34)cc2)cc1. The van der Waals surface area contributed by atoms with Crippen LogP contribution in [0.1, 0.15) is 5.56 Å². The fourth-order valence-corrected chi connectivity index (χ4v) is 8.18. The van der Waals surface area contributed by atoms with E-state index in [1.165, 1.54) is 71.5 Å². The molecule has 0 aliphatic heterocycles. The van der Waals surface area contributed by atoms with E-state index in [-0.39, 0.29) is 0 Å². The van der Waals surface area contributed by atoms with E-state index in [0.717, 1.165) is 22.7 Å². The summed E-state index contributed by atoms with van der Waals surface area (Å²) in [4.78, 5) is 2.32. The van der Waals surface area contributed by atoms with Crippen molar-refractivity contribution in [2.75, 3.05) is 4.90 Å². The second-order valence-corrected chi connectivity index (χ2v) is 14.3. The van der Waals surface area contributed by atoms with Gasteiger partial charge in [-0.3, -0.25) is 0 Å². The minimum Gasteiger partial charge on any atom is -0.311 e. The quantitative estimate of drug-likeness (QED) is 0.160. The Labute approximate surface area is 321 Å². The number of nitrogens with zero attached hydrogens (tertiary/aromatic N) is 2. The van der Waals surface area contributed by atoms with E-state index < -0.39 is 0 Å². The number of aromatic nitrogens is 1. The first kappa shape index (κ1) is 32.5. The number of hydrogen-bond donors (Lipinski definition) is 0. The molecule has 0 bridgehead atoms. The summed E-state index contributed by atoms with van der Waals surface area (Å²) < 4.78 is 2.40. The first-order valence-electron chi connectivity index (χ1n) is 18.9. The number of para-hydroxylation sites is 2. The molecule has 0 atom stereocenters. The lowest BCUT2D eigenvalue weighted by atomic mass is 9.91. The van der Waals surface area contributed by atoms with Gasteiger partial charge in [-0.05, 0) is 118 Å². The van der Waals surface area contributed by atoms with E-state index in [0.29, 0.717) is 0 Å². The van der Waals surface area contributed by atoms with Crippen LogP contribution in [0.15, 0.2) is 212 Å². The molecule has 260 valence electrons. The van der Waals surface area contributed by atoms with E-state index in [9.17, 15) is 0 Å². The van der Waals surface area contributed by atoms with Crippen LogP contribution in [0.5, 0.6) is 0 Å². The van der Waals surface area contributed by atoms with Crippen LogP contribution in [-0.4, -0.2) is 4.57 Å². The molecule has 0 aliphatic carbocycles. The van der Waals surface area contributed by atoms with Crippen molar-refractivity contribution >= 4 is 49.6 Å². The van der Waals surface area contributed by atoms with Crippen molar-refractivity contribution in [1.82, 2.24) is 4.57 Å². The molecular weight excluding hydrogens is 665 g/mol. The van der Waals surface area contributed by atoms with Crippen LogP contribution in [-0.2, 0) is 0 Å². The van der Waals surface area contributed by atoms with E-state index in [4.69, 9.17) is 0 Å². The second kappa shape index (κ2) is 13.7. The highest BCUT2D eigenvalue weighted by molar-refractivity contribution is 6.12. The molecule has 2 heteroatoms. The molecule has 0 saturated carbocycles. The second-order valence-electron chi connectivity index (χ2n) is 14.3. The Hall–Kier alpha value is -7.16. The van der Waals surface area contributed by atoms with E-state index >= 15 is 0 Å². The zero-order valence-corrected chi connectivity index (χ0v) is 30.6. The molecular formula is C53H38N2. The molecule has 55 heavy (non-hydrogen) atoms. The summed E-state index contributed by atoms with van der Waals surface area (Å²) in [7, 11) is 0. The molecule has 0 aliphatic rings. The van der Waals surface area contributed by atoms with E-state index in [1.807, 2.05) is 0 Å². The van der Waals surface area contributed by atoms with Crippen LogP contribution >= 0.6 is 0 Å². The minimum atomic E-state index is 1.12. The van der Waals surface area contributed by atoms with Crippen LogP contribution in [0.4, 0.5) is 17.1 Å². The molecule has 0 radical (unpaired) electrons. The number of benzene rings is 9. The van der Waals surface area contributed by atoms with Gasteiger partial charge in [-0.1, -0.05) is 151 Å². The summed E-state index contributed by atoms with van der Waals surface area (Å²) >= 11 is 0. The number of fused-ring (bicyclic) bond motifs is 4. The third-order valence-electron chi connectivity index (χ3n) is 10.9. The summed E-state index contributed by atoms with van der Waals surface area (Å²) in [6.45, 7) is 2.13. The van der Waals surface area contributed by atoms with Gasteiger partial charge in [0.05, 0.1) is 11.0 Å². The maximum atomic E-state index is 2.40. The lowest BCUT2D eigenvalue weighted by Gasteiger charge is -2.26. The van der Waals surface area contributed by atoms with Gasteiger partial charge in [0.15, 0.2) is 0 Å². The minimum absolute atomic E-state index is 1.12. The summed E-state index contributed by atoms with van der Waals surface area (Å²) in [6.07, 6.45) is 0. The lowest BCUT2D eigenvalue weighted by molar-refractivity contribution is 1.18. The molecule has 10 aromatic rings. The van der Waals surface area contributed by atoms with Crippen molar-refractivity contribution in [3.63, 3.8) is 0 Å². The Morgan fingerprint density at radius 3 is 1.60 bits per heavy atom. The molecule has 0 spiro atoms. The molecule has 9 aromatic carbocycles. The molecule has 10 rings (SSSR count). The zero-order valence-electron chi connectivity index (χ0n) is 30.6. The van der Waals surface area contributed by atoms with Gasteiger partial charge in [0, 0.05) is 33.5 Å². The van der Waals surface area contributed by atoms with Gasteiger partial charge in [-0.2, -0.15) is 0 Å². The van der Waals surface area contributed by atoms with Crippen LogP contribution in [0.25, 0.3) is 71.6 Å². The Morgan fingerprint density at radius 1 is 0.364 bits per heavy atom. The molecule has 0 saturated heterocycles. The average Bonchev–Trinajstić information content (AvgIpc) is 3.59. The number of aryl methyl sites for hydroxylation is 1. The van der Waals surface area contributed by atoms with Gasteiger partial charge in [0.2, 0.25) is 0 Å². The Bertz CT molecular complexity index is 2940. The van der Waals surface area contributed by atoms with Gasteiger partial charge in [0.1, 0.15) is 0 Å². The first-order chi connectivity index (χ1) is 27.2. The van der Waals surface area contributed by atoms with Gasteiger partial charge >= 0.3 is 0 Å². The molecule has 0 fully saturated rings. The van der Waals surface area contributed by atoms with Crippen molar-refractivity contribution < 1.29 is 0 Å². The molecule has 1 aromatic heterocycles. The highest BCUT2D eigenvalue weighted by atomic mass is 15.1. The largest absolute Gasteiger partial charge is 0.311 e. The van der Waals surface area contributed by atoms with Crippen LogP contribution in [0.3, 0.4) is 0 Å². The van der Waals surface area contributed by atoms with Crippen molar-refractivity contribution in [3.05, 3.63) is 218 Å². The Balaban J connectivity index is 1.07. The molecule has 0 amide bonds. The number of rotatable bonds is 7. The normalized spacial score (nSPS) is 11.4. The summed E-state index contributed by atoms with van der Waals surface area (Å²) in [5, 5.41) is 4.98. The predicted octanol–water partition coefficient (Wildman–Crippen LogP) is 14.7. The summed E-state index contributed by atoms with van der Waals surface area (Å²) in [6, 6.07) is 77.0. The van der Waals surface area contributed by atoms with Crippen molar-refractivity contribution in [2.45, 2.75) is 6.92 Å². The van der Waals surface area contributed by atoms with Gasteiger partial charge < -0.3 is 9.47 Å². The van der Waals surface area contributed by atoms with Gasteiger partial charge in [-0.15, -0.1) is 0 Å². The van der Waals surface area contributed by atoms with Crippen molar-refractivity contribution in [1.29, 1.82) is 0 Å². The van der Waals surface area contributed by atoms with E-state index in [2.05, 4.69) is 229 Å². The fraction of sp³-hybridized carbons (Fsp3) is 0.0189. The maximum absolute atomic E-state index is 2.40. The highest BCUT2D eigenvalue weighted by Crippen LogP contribution is 2.41. The maximum Gasteiger partial charge on any atom is 0.0541 e. The van der Waals surface area contributed by atoms with Crippen molar-refractivity contribution in [2.24, 2.45) is 0 Å². The third kappa shape index (κ3) is 5.85. The first-order valence-corrected chi connectivity index (χ1v) is 18.9. The smallest absolute Gasteiger partial charge is 0.0541 e. The topological polar surface area (TPSA) is 8.17 Å². The Morgan fingerprint density at radius 2 is 0.891 bits per heavy atom. The van der Waals surface area contributed by atoms with Crippen LogP contribution in [0, 0.1) is 6.92 Å². The van der Waals surface area contributed by atoms with Crippen LogP contribution in [0.2, 0.25) is 0 Å². The third-order valence-corrected chi connectivity index (χ3v) is 10.9. The average molecular weight is 703 g/mol. The molecule has 1 heterocycles. The zero-order chi connectivity index (χ0) is 36.7. The van der Waals surface area contributed by atoms with Gasteiger partial charge in [-0.25, -0.2) is 0 Å². The number of anilines is 3. The monoisotopic (exact) mass is 702 g/mol. The lowest BCUT2D eigenvalue weighted by Crippen LogP contribution is -2.09. The predicted molar refractivity (Wildman–Crippen MR) is 234 cm³/mol. The fourth-order valence-electron chi connectivity index (χ4n) is 8.18. The molecule has 2 nitrogen and oxygen atoms in total. The van der Waals surface area contributed by atoms with Gasteiger partial charge in [0.25, 0.3) is 0 Å². The van der Waals surface area contributed by atoms with Crippen LogP contribution < -0.4 is 4.90 Å². The summed E-state index contributed by atoms with van der Waals surface area (Å²) in [5.74, 6) is 0. The van der Waals surface area contributed by atoms with Crippen molar-refractivity contribution in [3.8, 4) is 39.1 Å². The summed E-state index contributed by atoms with van der Waals surface area (Å²) in [5.41, 5.74) is 15.5. The molecule has 0 N–H and O–H groups in total. The highest BCUT2D eigenvalue weighted by Gasteiger charge is 2.17. The molecule has 0 unspecified atom stereocenters. The number of hydrogen-bond acceptors (Lipinski definition) is 1. The van der Waals surface area contributed by atoms with E-state index in [1.54, 1.807) is 0 Å². The standard InChI is InChI=1S/C53H38N2/c1-37-22-29-44(30-23-37)54(43-16-6-3-7-17-43)45-33-26-40(27-34-45)47-19-10-14-41-15-11-20-48(53(41)47)42-28-35-52-50(36-42)49-18-8-9-21-51(49)55(52)46-31-24-39(25-32-46)38-12-4-2-5-13-38/h2-36H,1H3.